The van der Waals surface area contributed by atoms with Crippen molar-refractivity contribution in [1.29, 1.82) is 0 Å². The van der Waals surface area contributed by atoms with Gasteiger partial charge < -0.3 is 14.4 Å². The molecule has 0 spiro atoms. The molecule has 0 aliphatic carbocycles. The van der Waals surface area contributed by atoms with Crippen molar-refractivity contribution in [2.24, 2.45) is 0 Å². The molecule has 1 aromatic heterocycles. The van der Waals surface area contributed by atoms with E-state index in [4.69, 9.17) is 9.84 Å². The molecule has 5 nitrogen and oxygen atoms in total. The summed E-state index contributed by atoms with van der Waals surface area (Å²) in [6.07, 6.45) is 0. The van der Waals surface area contributed by atoms with Crippen molar-refractivity contribution in [2.75, 3.05) is 13.7 Å². The minimum Gasteiger partial charge on any atom is -0.478 e. The van der Waals surface area contributed by atoms with Crippen molar-refractivity contribution in [3.63, 3.8) is 0 Å². The van der Waals surface area contributed by atoms with E-state index in [0.717, 1.165) is 16.9 Å². The van der Waals surface area contributed by atoms with Gasteiger partial charge in [0, 0.05) is 13.7 Å². The maximum Gasteiger partial charge on any atom is 0.335 e. The molecule has 0 radical (unpaired) electrons. The Kier molecular flexibility index (Phi) is 3.10. The normalized spacial score (nSPS) is 10.9. The predicted octanol–water partition coefficient (Wildman–Crippen LogP) is 1.69. The van der Waals surface area contributed by atoms with E-state index in [2.05, 4.69) is 4.98 Å². The summed E-state index contributed by atoms with van der Waals surface area (Å²) in [5.74, 6) is -0.0661. The fourth-order valence-corrected chi connectivity index (χ4v) is 1.84. The van der Waals surface area contributed by atoms with Crippen LogP contribution in [-0.4, -0.2) is 34.3 Å². The molecule has 90 valence electrons. The highest BCUT2D eigenvalue weighted by molar-refractivity contribution is 5.92. The standard InChI is InChI=1S/C12H14N2O3/c1-8-13-10-4-3-9(12(15)16)7-11(10)14(8)5-6-17-2/h3-4,7H,5-6H2,1-2H3,(H,15,16). The van der Waals surface area contributed by atoms with Crippen LogP contribution < -0.4 is 0 Å². The molecule has 2 rings (SSSR count). The van der Waals surface area contributed by atoms with Gasteiger partial charge in [0.25, 0.3) is 0 Å². The van der Waals surface area contributed by atoms with Gasteiger partial charge in [0.05, 0.1) is 23.2 Å². The highest BCUT2D eigenvalue weighted by atomic mass is 16.5. The van der Waals surface area contributed by atoms with E-state index >= 15 is 0 Å². The maximum atomic E-state index is 10.9. The Labute approximate surface area is 98.6 Å². The second-order valence-corrected chi connectivity index (χ2v) is 3.81. The summed E-state index contributed by atoms with van der Waals surface area (Å²) in [6, 6.07) is 4.94. The van der Waals surface area contributed by atoms with Crippen LogP contribution in [-0.2, 0) is 11.3 Å². The van der Waals surface area contributed by atoms with Gasteiger partial charge in [0.15, 0.2) is 0 Å². The molecule has 0 bridgehead atoms. The fourth-order valence-electron chi connectivity index (χ4n) is 1.84. The molecule has 0 atom stereocenters. The average Bonchev–Trinajstić information content (AvgIpc) is 2.61. The van der Waals surface area contributed by atoms with E-state index < -0.39 is 5.97 Å². The van der Waals surface area contributed by atoms with E-state index in [9.17, 15) is 4.79 Å². The van der Waals surface area contributed by atoms with Crippen LogP contribution in [0.4, 0.5) is 0 Å². The van der Waals surface area contributed by atoms with Crippen LogP contribution in [0.3, 0.4) is 0 Å². The van der Waals surface area contributed by atoms with Gasteiger partial charge in [0.1, 0.15) is 5.82 Å². The monoisotopic (exact) mass is 234 g/mol. The quantitative estimate of drug-likeness (QED) is 0.874. The molecular formula is C12H14N2O3. The number of fused-ring (bicyclic) bond motifs is 1. The molecule has 0 unspecified atom stereocenters. The number of hydrogen-bond donors (Lipinski definition) is 1. The zero-order valence-electron chi connectivity index (χ0n) is 9.80. The van der Waals surface area contributed by atoms with Gasteiger partial charge in [-0.2, -0.15) is 0 Å². The van der Waals surface area contributed by atoms with Crippen LogP contribution in [0.2, 0.25) is 0 Å². The Hall–Kier alpha value is -1.88. The molecule has 0 saturated heterocycles. The number of aryl methyl sites for hydroxylation is 1. The molecule has 1 N–H and O–H groups in total. The van der Waals surface area contributed by atoms with Crippen LogP contribution in [0.15, 0.2) is 18.2 Å². The number of imidazole rings is 1. The summed E-state index contributed by atoms with van der Waals surface area (Å²) in [6.45, 7) is 3.14. The van der Waals surface area contributed by atoms with E-state index in [1.807, 2.05) is 11.5 Å². The van der Waals surface area contributed by atoms with Gasteiger partial charge in [0.2, 0.25) is 0 Å². The van der Waals surface area contributed by atoms with Crippen LogP contribution in [0.1, 0.15) is 16.2 Å². The summed E-state index contributed by atoms with van der Waals surface area (Å²) in [5, 5.41) is 8.96. The Balaban J connectivity index is 2.52. The number of benzene rings is 1. The van der Waals surface area contributed by atoms with Gasteiger partial charge in [-0.3, -0.25) is 0 Å². The molecule has 1 heterocycles. The Morgan fingerprint density at radius 2 is 2.29 bits per heavy atom. The summed E-state index contributed by atoms with van der Waals surface area (Å²) in [7, 11) is 1.64. The van der Waals surface area contributed by atoms with E-state index in [0.29, 0.717) is 13.2 Å². The van der Waals surface area contributed by atoms with E-state index in [1.54, 1.807) is 25.3 Å². The van der Waals surface area contributed by atoms with Gasteiger partial charge in [-0.05, 0) is 25.1 Å². The van der Waals surface area contributed by atoms with Crippen molar-refractivity contribution in [1.82, 2.24) is 9.55 Å². The number of methoxy groups -OCH3 is 1. The minimum absolute atomic E-state index is 0.274. The lowest BCUT2D eigenvalue weighted by molar-refractivity contribution is 0.0697. The lowest BCUT2D eigenvalue weighted by Gasteiger charge is -2.05. The molecule has 0 amide bonds. The molecule has 2 aromatic rings. The number of ether oxygens (including phenoxy) is 1. The second-order valence-electron chi connectivity index (χ2n) is 3.81. The van der Waals surface area contributed by atoms with Crippen LogP contribution in [0.25, 0.3) is 11.0 Å². The number of carboxylic acid groups (broad SMARTS) is 1. The lowest BCUT2D eigenvalue weighted by Crippen LogP contribution is -2.06. The molecule has 0 aliphatic heterocycles. The minimum atomic E-state index is -0.927. The van der Waals surface area contributed by atoms with Gasteiger partial charge in [-0.1, -0.05) is 0 Å². The van der Waals surface area contributed by atoms with Crippen molar-refractivity contribution < 1.29 is 14.6 Å². The second kappa shape index (κ2) is 4.55. The van der Waals surface area contributed by atoms with E-state index in [-0.39, 0.29) is 5.56 Å². The van der Waals surface area contributed by atoms with Crippen LogP contribution in [0.5, 0.6) is 0 Å². The third-order valence-corrected chi connectivity index (χ3v) is 2.71. The smallest absolute Gasteiger partial charge is 0.335 e. The number of aromatic carboxylic acids is 1. The molecule has 0 fully saturated rings. The Bertz CT molecular complexity index is 560. The first-order chi connectivity index (χ1) is 8.13. The number of hydrogen-bond acceptors (Lipinski definition) is 3. The van der Waals surface area contributed by atoms with Crippen molar-refractivity contribution >= 4 is 17.0 Å². The summed E-state index contributed by atoms with van der Waals surface area (Å²) in [4.78, 5) is 15.3. The number of carboxylic acids is 1. The molecular weight excluding hydrogens is 220 g/mol. The fraction of sp³-hybridized carbons (Fsp3) is 0.333. The predicted molar refractivity (Wildman–Crippen MR) is 63.3 cm³/mol. The highest BCUT2D eigenvalue weighted by Gasteiger charge is 2.10. The molecule has 0 aliphatic rings. The number of nitrogens with zero attached hydrogens (tertiary/aromatic N) is 2. The van der Waals surface area contributed by atoms with E-state index in [1.165, 1.54) is 0 Å². The van der Waals surface area contributed by atoms with Crippen LogP contribution in [0, 0.1) is 6.92 Å². The number of carbonyl (C=O) groups is 1. The first-order valence-electron chi connectivity index (χ1n) is 5.32. The molecule has 0 saturated carbocycles. The third-order valence-electron chi connectivity index (χ3n) is 2.71. The SMILES string of the molecule is COCCn1c(C)nc2ccc(C(=O)O)cc21. The maximum absolute atomic E-state index is 10.9. The number of rotatable bonds is 4. The highest BCUT2D eigenvalue weighted by Crippen LogP contribution is 2.17. The lowest BCUT2D eigenvalue weighted by atomic mass is 10.2. The van der Waals surface area contributed by atoms with Gasteiger partial charge in [-0.15, -0.1) is 0 Å². The number of aromatic nitrogens is 2. The summed E-state index contributed by atoms with van der Waals surface area (Å²) >= 11 is 0. The van der Waals surface area contributed by atoms with Gasteiger partial charge >= 0.3 is 5.97 Å². The Morgan fingerprint density at radius 3 is 2.94 bits per heavy atom. The largest absolute Gasteiger partial charge is 0.478 e. The zero-order valence-corrected chi connectivity index (χ0v) is 9.80. The summed E-state index contributed by atoms with van der Waals surface area (Å²) < 4.78 is 7.00. The first-order valence-corrected chi connectivity index (χ1v) is 5.32. The van der Waals surface area contributed by atoms with Crippen LogP contribution >= 0.6 is 0 Å². The first kappa shape index (κ1) is 11.6. The third kappa shape index (κ3) is 2.14. The zero-order chi connectivity index (χ0) is 12.4. The van der Waals surface area contributed by atoms with Crippen molar-refractivity contribution in [3.8, 4) is 0 Å². The average molecular weight is 234 g/mol. The van der Waals surface area contributed by atoms with Crippen molar-refractivity contribution in [3.05, 3.63) is 29.6 Å². The topological polar surface area (TPSA) is 64.4 Å². The van der Waals surface area contributed by atoms with Crippen molar-refractivity contribution in [2.45, 2.75) is 13.5 Å². The molecule has 1 aromatic carbocycles. The Morgan fingerprint density at radius 1 is 1.53 bits per heavy atom. The summed E-state index contributed by atoms with van der Waals surface area (Å²) in [5.41, 5.74) is 1.92. The molecule has 17 heavy (non-hydrogen) atoms. The van der Waals surface area contributed by atoms with Gasteiger partial charge in [-0.25, -0.2) is 9.78 Å². The molecule has 5 heteroatoms.